The largest absolute Gasteiger partial charge is 0.469 e. The monoisotopic (exact) mass is 250 g/mol. The average Bonchev–Trinajstić information content (AvgIpc) is 2.86. The average molecular weight is 250 g/mol. The molecule has 0 aromatic carbocycles. The highest BCUT2D eigenvalue weighted by Crippen LogP contribution is 2.30. The Hall–Kier alpha value is -1.29. The lowest BCUT2D eigenvalue weighted by molar-refractivity contribution is -0.130. The van der Waals surface area contributed by atoms with E-state index in [-0.39, 0.29) is 11.9 Å². The van der Waals surface area contributed by atoms with Gasteiger partial charge in [0.2, 0.25) is 5.91 Å². The molecule has 0 saturated carbocycles. The van der Waals surface area contributed by atoms with Gasteiger partial charge in [-0.15, -0.1) is 0 Å². The highest BCUT2D eigenvalue weighted by Gasteiger charge is 2.23. The Morgan fingerprint density at radius 1 is 1.50 bits per heavy atom. The molecule has 1 amide bonds. The van der Waals surface area contributed by atoms with Crippen LogP contribution in [-0.4, -0.2) is 30.4 Å². The van der Waals surface area contributed by atoms with Crippen molar-refractivity contribution in [3.05, 3.63) is 23.7 Å². The first-order valence-electron chi connectivity index (χ1n) is 6.83. The summed E-state index contributed by atoms with van der Waals surface area (Å²) < 4.78 is 5.45. The summed E-state index contributed by atoms with van der Waals surface area (Å²) in [6, 6.07) is 2.29. The minimum Gasteiger partial charge on any atom is -0.469 e. The van der Waals surface area contributed by atoms with Crippen molar-refractivity contribution in [3.8, 4) is 0 Å². The van der Waals surface area contributed by atoms with Crippen molar-refractivity contribution >= 4 is 5.91 Å². The maximum atomic E-state index is 11.9. The van der Waals surface area contributed by atoms with Gasteiger partial charge in [-0.05, 0) is 32.8 Å². The Kier molecular flexibility index (Phi) is 4.42. The van der Waals surface area contributed by atoms with Gasteiger partial charge in [-0.2, -0.15) is 0 Å². The predicted octanol–water partition coefficient (Wildman–Crippen LogP) is 2.12. The van der Waals surface area contributed by atoms with Crippen LogP contribution in [0.15, 0.2) is 16.7 Å². The number of hydrogen-bond acceptors (Lipinski definition) is 3. The number of carbonyl (C=O) groups excluding carboxylic acids is 1. The first-order valence-corrected chi connectivity index (χ1v) is 6.83. The van der Waals surface area contributed by atoms with Gasteiger partial charge in [0.25, 0.3) is 0 Å². The molecule has 0 spiro atoms. The Balaban J connectivity index is 1.90. The number of likely N-dealkylation sites (N-methyl/N-ethyl adjacent to an activating group) is 1. The topological polar surface area (TPSA) is 45.5 Å². The lowest BCUT2D eigenvalue weighted by Crippen LogP contribution is -2.39. The van der Waals surface area contributed by atoms with Crippen molar-refractivity contribution in [2.24, 2.45) is 0 Å². The molecule has 100 valence electrons. The van der Waals surface area contributed by atoms with E-state index in [0.717, 1.165) is 38.1 Å². The minimum atomic E-state index is 0.176. The van der Waals surface area contributed by atoms with Crippen molar-refractivity contribution in [1.29, 1.82) is 0 Å². The molecule has 1 aromatic heterocycles. The summed E-state index contributed by atoms with van der Waals surface area (Å²) in [5.74, 6) is 1.25. The molecule has 1 aliphatic carbocycles. The van der Waals surface area contributed by atoms with Crippen molar-refractivity contribution in [2.45, 2.75) is 39.2 Å². The normalized spacial score (nSPS) is 18.4. The Bertz CT molecular complexity index is 396. The Labute approximate surface area is 108 Å². The zero-order valence-corrected chi connectivity index (χ0v) is 11.2. The summed E-state index contributed by atoms with van der Waals surface area (Å²) in [6.45, 7) is 5.99. The number of fused-ring (bicyclic) bond motifs is 1. The molecule has 0 aliphatic heterocycles. The lowest BCUT2D eigenvalue weighted by atomic mass is 9.93. The van der Waals surface area contributed by atoms with Crippen molar-refractivity contribution in [1.82, 2.24) is 10.2 Å². The van der Waals surface area contributed by atoms with Crippen LogP contribution >= 0.6 is 0 Å². The van der Waals surface area contributed by atoms with Gasteiger partial charge >= 0.3 is 0 Å². The molecule has 1 heterocycles. The van der Waals surface area contributed by atoms with E-state index >= 15 is 0 Å². The standard InChI is InChI=1S/C14H22N2O2/c1-3-16(4-2)14(17)10-15-12-6-5-7-13-11(12)8-9-18-13/h8-9,12,15H,3-7,10H2,1-2H3. The second-order valence-electron chi connectivity index (χ2n) is 4.69. The summed E-state index contributed by atoms with van der Waals surface area (Å²) in [7, 11) is 0. The van der Waals surface area contributed by atoms with E-state index in [1.165, 1.54) is 5.56 Å². The van der Waals surface area contributed by atoms with Crippen LogP contribution < -0.4 is 5.32 Å². The van der Waals surface area contributed by atoms with E-state index in [1.54, 1.807) is 6.26 Å². The van der Waals surface area contributed by atoms with E-state index in [9.17, 15) is 4.79 Å². The Morgan fingerprint density at radius 2 is 2.28 bits per heavy atom. The van der Waals surface area contributed by atoms with Gasteiger partial charge < -0.3 is 14.6 Å². The van der Waals surface area contributed by atoms with Crippen LogP contribution in [-0.2, 0) is 11.2 Å². The molecule has 0 fully saturated rings. The highest BCUT2D eigenvalue weighted by molar-refractivity contribution is 5.78. The fraction of sp³-hybridized carbons (Fsp3) is 0.643. The molecule has 0 radical (unpaired) electrons. The van der Waals surface area contributed by atoms with Gasteiger partial charge in [-0.25, -0.2) is 0 Å². The summed E-state index contributed by atoms with van der Waals surface area (Å²) >= 11 is 0. The van der Waals surface area contributed by atoms with Crippen molar-refractivity contribution < 1.29 is 9.21 Å². The first kappa shape index (κ1) is 13.1. The number of nitrogens with one attached hydrogen (secondary N) is 1. The zero-order chi connectivity index (χ0) is 13.0. The molecule has 1 aromatic rings. The lowest BCUT2D eigenvalue weighted by Gasteiger charge is -2.25. The Morgan fingerprint density at radius 3 is 3.00 bits per heavy atom. The highest BCUT2D eigenvalue weighted by atomic mass is 16.3. The third-order valence-corrected chi connectivity index (χ3v) is 3.67. The number of carbonyl (C=O) groups is 1. The zero-order valence-electron chi connectivity index (χ0n) is 11.2. The number of amides is 1. The maximum Gasteiger partial charge on any atom is 0.236 e. The molecule has 2 rings (SSSR count). The van der Waals surface area contributed by atoms with Crippen molar-refractivity contribution in [3.63, 3.8) is 0 Å². The van der Waals surface area contributed by atoms with Crippen LogP contribution in [0.25, 0.3) is 0 Å². The van der Waals surface area contributed by atoms with Crippen LogP contribution in [0.5, 0.6) is 0 Å². The molecule has 1 N–H and O–H groups in total. The van der Waals surface area contributed by atoms with E-state index in [0.29, 0.717) is 6.54 Å². The second-order valence-corrected chi connectivity index (χ2v) is 4.69. The summed E-state index contributed by atoms with van der Waals surface area (Å²) in [5, 5.41) is 3.36. The fourth-order valence-electron chi connectivity index (χ4n) is 2.60. The molecule has 4 nitrogen and oxygen atoms in total. The quantitative estimate of drug-likeness (QED) is 0.870. The van der Waals surface area contributed by atoms with E-state index in [1.807, 2.05) is 24.8 Å². The summed E-state index contributed by atoms with van der Waals surface area (Å²) in [5.41, 5.74) is 1.23. The summed E-state index contributed by atoms with van der Waals surface area (Å²) in [4.78, 5) is 13.8. The molecule has 1 aliphatic rings. The number of aryl methyl sites for hydroxylation is 1. The number of rotatable bonds is 5. The van der Waals surface area contributed by atoms with Gasteiger partial charge in [0.1, 0.15) is 5.76 Å². The van der Waals surface area contributed by atoms with Gasteiger partial charge in [-0.1, -0.05) is 0 Å². The van der Waals surface area contributed by atoms with Crippen molar-refractivity contribution in [2.75, 3.05) is 19.6 Å². The summed E-state index contributed by atoms with van der Waals surface area (Å²) in [6.07, 6.45) is 4.97. The van der Waals surface area contributed by atoms with Gasteiger partial charge in [-0.3, -0.25) is 4.79 Å². The third kappa shape index (κ3) is 2.75. The van der Waals surface area contributed by atoms with Gasteiger partial charge in [0.15, 0.2) is 0 Å². The molecule has 0 saturated heterocycles. The van der Waals surface area contributed by atoms with Crippen LogP contribution in [0, 0.1) is 0 Å². The van der Waals surface area contributed by atoms with Crippen LogP contribution in [0.4, 0.5) is 0 Å². The number of furan rings is 1. The van der Waals surface area contributed by atoms with Crippen LogP contribution in [0.2, 0.25) is 0 Å². The smallest absolute Gasteiger partial charge is 0.236 e. The number of hydrogen-bond donors (Lipinski definition) is 1. The molecule has 4 heteroatoms. The van der Waals surface area contributed by atoms with E-state index in [4.69, 9.17) is 4.42 Å². The third-order valence-electron chi connectivity index (χ3n) is 3.67. The predicted molar refractivity (Wildman–Crippen MR) is 70.3 cm³/mol. The van der Waals surface area contributed by atoms with Crippen LogP contribution in [0.3, 0.4) is 0 Å². The molecule has 1 unspecified atom stereocenters. The van der Waals surface area contributed by atoms with Gasteiger partial charge in [0.05, 0.1) is 12.8 Å². The minimum absolute atomic E-state index is 0.176. The number of nitrogens with zero attached hydrogens (tertiary/aromatic N) is 1. The van der Waals surface area contributed by atoms with Gasteiger partial charge in [0, 0.05) is 31.1 Å². The SMILES string of the molecule is CCN(CC)C(=O)CNC1CCCc2occc21. The van der Waals surface area contributed by atoms with E-state index in [2.05, 4.69) is 5.32 Å². The van der Waals surface area contributed by atoms with Crippen LogP contribution in [0.1, 0.15) is 44.1 Å². The fourth-order valence-corrected chi connectivity index (χ4v) is 2.60. The molecular weight excluding hydrogens is 228 g/mol. The molecule has 1 atom stereocenters. The molecule has 0 bridgehead atoms. The first-order chi connectivity index (χ1) is 8.76. The molecule has 18 heavy (non-hydrogen) atoms. The van der Waals surface area contributed by atoms with E-state index < -0.39 is 0 Å². The maximum absolute atomic E-state index is 11.9. The second kappa shape index (κ2) is 6.05. The molecular formula is C14H22N2O2.